The van der Waals surface area contributed by atoms with Crippen LogP contribution in [0, 0.1) is 12.8 Å². The molecule has 0 amide bonds. The highest BCUT2D eigenvalue weighted by molar-refractivity contribution is 7.12. The van der Waals surface area contributed by atoms with Gasteiger partial charge in [-0.15, -0.1) is 22.7 Å². The number of nitrogens with zero attached hydrogens (tertiary/aromatic N) is 1. The van der Waals surface area contributed by atoms with Gasteiger partial charge in [0, 0.05) is 45.1 Å². The van der Waals surface area contributed by atoms with E-state index in [0.717, 1.165) is 5.92 Å². The Bertz CT molecular complexity index is 665. The fourth-order valence-corrected chi connectivity index (χ4v) is 6.33. The van der Waals surface area contributed by atoms with E-state index in [1.165, 1.54) is 37.2 Å². The molecule has 2 aliphatic heterocycles. The first-order chi connectivity index (χ1) is 10.1. The second kappa shape index (κ2) is 5.22. The Hall–Kier alpha value is -0.640. The number of hydrogen-bond donors (Lipinski definition) is 0. The van der Waals surface area contributed by atoms with Crippen molar-refractivity contribution in [2.75, 3.05) is 6.54 Å². The van der Waals surface area contributed by atoms with Gasteiger partial charge >= 0.3 is 0 Å². The molecule has 0 aromatic carbocycles. The Morgan fingerprint density at radius 1 is 1.24 bits per heavy atom. The summed E-state index contributed by atoms with van der Waals surface area (Å²) in [6.45, 7) is 9.31. The highest BCUT2D eigenvalue weighted by atomic mass is 32.1. The molecule has 4 heterocycles. The number of thiophene rings is 2. The fourth-order valence-electron chi connectivity index (χ4n) is 3.82. The molecule has 1 nitrogen and oxygen atoms in total. The van der Waals surface area contributed by atoms with E-state index in [2.05, 4.69) is 49.1 Å². The monoisotopic (exact) mass is 317 g/mol. The lowest BCUT2D eigenvalue weighted by Crippen LogP contribution is -2.38. The van der Waals surface area contributed by atoms with Gasteiger partial charge in [0.15, 0.2) is 0 Å². The molecule has 0 radical (unpaired) electrons. The van der Waals surface area contributed by atoms with Crippen molar-refractivity contribution in [3.05, 3.63) is 42.8 Å². The third kappa shape index (κ3) is 2.49. The van der Waals surface area contributed by atoms with Crippen LogP contribution in [0.1, 0.15) is 50.5 Å². The Kier molecular flexibility index (Phi) is 3.48. The summed E-state index contributed by atoms with van der Waals surface area (Å²) in [5, 5.41) is 0. The van der Waals surface area contributed by atoms with Crippen LogP contribution < -0.4 is 0 Å². The van der Waals surface area contributed by atoms with Crippen LogP contribution >= 0.6 is 22.7 Å². The summed E-state index contributed by atoms with van der Waals surface area (Å²) in [6, 6.07) is 5.59. The maximum absolute atomic E-state index is 2.71. The van der Waals surface area contributed by atoms with Gasteiger partial charge in [-0.05, 0) is 48.9 Å². The first kappa shape index (κ1) is 14.0. The summed E-state index contributed by atoms with van der Waals surface area (Å²) in [7, 11) is 0. The minimum absolute atomic E-state index is 0.650. The SMILES string of the molecule is Cc1cc2c(s1)CCN1Cc3cc(CC(C)C)sc3C[C@@H]21. The molecule has 0 fully saturated rings. The van der Waals surface area contributed by atoms with E-state index in [-0.39, 0.29) is 0 Å². The average Bonchev–Trinajstić information content (AvgIpc) is 2.96. The molecule has 0 saturated heterocycles. The lowest BCUT2D eigenvalue weighted by molar-refractivity contribution is 0.164. The van der Waals surface area contributed by atoms with Crippen LogP contribution in [0.25, 0.3) is 0 Å². The Balaban J connectivity index is 1.65. The van der Waals surface area contributed by atoms with Gasteiger partial charge in [0.25, 0.3) is 0 Å². The molecule has 0 unspecified atom stereocenters. The summed E-state index contributed by atoms with van der Waals surface area (Å²) in [5.74, 6) is 0.763. The molecule has 0 bridgehead atoms. The van der Waals surface area contributed by atoms with Gasteiger partial charge in [0.2, 0.25) is 0 Å². The van der Waals surface area contributed by atoms with E-state index in [1.54, 1.807) is 25.8 Å². The highest BCUT2D eigenvalue weighted by Gasteiger charge is 2.34. The largest absolute Gasteiger partial charge is 0.291 e. The first-order valence-electron chi connectivity index (χ1n) is 8.04. The Labute approximate surface area is 135 Å². The van der Waals surface area contributed by atoms with Gasteiger partial charge in [-0.1, -0.05) is 13.8 Å². The van der Waals surface area contributed by atoms with Gasteiger partial charge in [0.1, 0.15) is 0 Å². The second-order valence-corrected chi connectivity index (χ2v) is 9.50. The predicted molar refractivity (Wildman–Crippen MR) is 92.5 cm³/mol. The molecule has 0 aliphatic carbocycles. The van der Waals surface area contributed by atoms with Crippen LogP contribution in [0.3, 0.4) is 0 Å². The van der Waals surface area contributed by atoms with Gasteiger partial charge in [-0.2, -0.15) is 0 Å². The van der Waals surface area contributed by atoms with Crippen molar-refractivity contribution in [3.63, 3.8) is 0 Å². The molecule has 112 valence electrons. The van der Waals surface area contributed by atoms with Crippen molar-refractivity contribution >= 4 is 22.7 Å². The zero-order valence-electron chi connectivity index (χ0n) is 13.1. The van der Waals surface area contributed by atoms with Crippen LogP contribution in [0.15, 0.2) is 12.1 Å². The fraction of sp³-hybridized carbons (Fsp3) is 0.556. The summed E-state index contributed by atoms with van der Waals surface area (Å²) < 4.78 is 0. The summed E-state index contributed by atoms with van der Waals surface area (Å²) in [6.07, 6.45) is 3.73. The third-order valence-electron chi connectivity index (χ3n) is 4.70. The van der Waals surface area contributed by atoms with E-state index in [1.807, 2.05) is 11.3 Å². The van der Waals surface area contributed by atoms with Gasteiger partial charge in [0.05, 0.1) is 0 Å². The minimum atomic E-state index is 0.650. The van der Waals surface area contributed by atoms with Crippen LogP contribution in [0.5, 0.6) is 0 Å². The number of fused-ring (bicyclic) bond motifs is 4. The molecule has 2 aliphatic rings. The van der Waals surface area contributed by atoms with E-state index in [0.29, 0.717) is 6.04 Å². The summed E-state index contributed by atoms with van der Waals surface area (Å²) >= 11 is 4.10. The molecule has 4 rings (SSSR count). The zero-order chi connectivity index (χ0) is 14.6. The minimum Gasteiger partial charge on any atom is -0.291 e. The van der Waals surface area contributed by atoms with Crippen LogP contribution in [-0.4, -0.2) is 11.4 Å². The quantitative estimate of drug-likeness (QED) is 0.755. The van der Waals surface area contributed by atoms with Crippen LogP contribution in [0.4, 0.5) is 0 Å². The van der Waals surface area contributed by atoms with Gasteiger partial charge in [-0.25, -0.2) is 0 Å². The maximum Gasteiger partial charge on any atom is 0.0411 e. The molecule has 1 atom stereocenters. The number of aryl methyl sites for hydroxylation is 1. The standard InChI is InChI=1S/C18H23NS2/c1-11(2)6-14-8-13-10-19-5-4-17-15(7-12(3)20-17)16(19)9-18(13)21-14/h7-8,11,16H,4-6,9-10H2,1-3H3/t16-/m0/s1. The molecular formula is C18H23NS2. The van der Waals surface area contributed by atoms with E-state index < -0.39 is 0 Å². The van der Waals surface area contributed by atoms with Crippen molar-refractivity contribution in [3.8, 4) is 0 Å². The smallest absolute Gasteiger partial charge is 0.0411 e. The zero-order valence-corrected chi connectivity index (χ0v) is 14.7. The topological polar surface area (TPSA) is 3.24 Å². The maximum atomic E-state index is 2.71. The predicted octanol–water partition coefficient (Wildman–Crippen LogP) is 4.97. The molecular weight excluding hydrogens is 294 g/mol. The number of rotatable bonds is 2. The highest BCUT2D eigenvalue weighted by Crippen LogP contribution is 2.43. The third-order valence-corrected chi connectivity index (χ3v) is 7.05. The Morgan fingerprint density at radius 2 is 2.10 bits per heavy atom. The molecule has 0 saturated carbocycles. The normalized spacial score (nSPS) is 21.2. The van der Waals surface area contributed by atoms with Crippen LogP contribution in [-0.2, 0) is 25.8 Å². The molecule has 2 aromatic heterocycles. The van der Waals surface area contributed by atoms with Crippen molar-refractivity contribution < 1.29 is 0 Å². The van der Waals surface area contributed by atoms with E-state index in [9.17, 15) is 0 Å². The van der Waals surface area contributed by atoms with Crippen molar-refractivity contribution in [2.45, 2.75) is 52.6 Å². The van der Waals surface area contributed by atoms with Crippen molar-refractivity contribution in [2.24, 2.45) is 5.92 Å². The van der Waals surface area contributed by atoms with E-state index in [4.69, 9.17) is 0 Å². The lowest BCUT2D eigenvalue weighted by Gasteiger charge is -2.39. The van der Waals surface area contributed by atoms with Crippen molar-refractivity contribution in [1.82, 2.24) is 4.90 Å². The molecule has 2 aromatic rings. The Morgan fingerprint density at radius 3 is 2.90 bits per heavy atom. The lowest BCUT2D eigenvalue weighted by atomic mass is 9.91. The molecule has 0 N–H and O–H groups in total. The van der Waals surface area contributed by atoms with Gasteiger partial charge in [-0.3, -0.25) is 4.90 Å². The molecule has 0 spiro atoms. The molecule has 21 heavy (non-hydrogen) atoms. The summed E-state index contributed by atoms with van der Waals surface area (Å²) in [5.41, 5.74) is 3.25. The van der Waals surface area contributed by atoms with Crippen LogP contribution in [0.2, 0.25) is 0 Å². The van der Waals surface area contributed by atoms with E-state index >= 15 is 0 Å². The second-order valence-electron chi connectivity index (χ2n) is 6.94. The number of hydrogen-bond acceptors (Lipinski definition) is 3. The van der Waals surface area contributed by atoms with Crippen molar-refractivity contribution in [1.29, 1.82) is 0 Å². The average molecular weight is 318 g/mol. The summed E-state index contributed by atoms with van der Waals surface area (Å²) in [4.78, 5) is 9.10. The molecule has 3 heteroatoms. The van der Waals surface area contributed by atoms with Gasteiger partial charge < -0.3 is 0 Å². The first-order valence-corrected chi connectivity index (χ1v) is 9.67.